The van der Waals surface area contributed by atoms with E-state index < -0.39 is 11.9 Å². The maximum absolute atomic E-state index is 11.5. The highest BCUT2D eigenvalue weighted by molar-refractivity contribution is 6.32. The SMILES string of the molecule is NC(=O)C(NCC1CCCO1)c1ccc(O)c(Cl)c1. The largest absolute Gasteiger partial charge is 0.506 e. The Balaban J connectivity index is 2.05. The summed E-state index contributed by atoms with van der Waals surface area (Å²) in [5.74, 6) is -0.507. The van der Waals surface area contributed by atoms with Crippen molar-refractivity contribution in [3.8, 4) is 5.75 Å². The molecule has 1 aliphatic rings. The number of halogens is 1. The molecule has 1 aromatic carbocycles. The minimum atomic E-state index is -0.637. The lowest BCUT2D eigenvalue weighted by Gasteiger charge is -2.18. The van der Waals surface area contributed by atoms with E-state index in [0.717, 1.165) is 19.4 Å². The number of aromatic hydroxyl groups is 1. The predicted molar refractivity (Wildman–Crippen MR) is 72.0 cm³/mol. The zero-order valence-electron chi connectivity index (χ0n) is 10.4. The zero-order chi connectivity index (χ0) is 13.8. The second-order valence-corrected chi connectivity index (χ2v) is 5.00. The molecule has 2 unspecified atom stereocenters. The summed E-state index contributed by atoms with van der Waals surface area (Å²) >= 11 is 5.84. The van der Waals surface area contributed by atoms with Crippen molar-refractivity contribution < 1.29 is 14.6 Å². The number of phenolic OH excluding ortho intramolecular Hbond substituents is 1. The standard InChI is InChI=1S/C13H17ClN2O3/c14-10-6-8(3-4-11(10)17)12(13(15)18)16-7-9-2-1-5-19-9/h3-4,6,9,12,16-17H,1-2,5,7H2,(H2,15,18). The van der Waals surface area contributed by atoms with Crippen LogP contribution in [0.5, 0.6) is 5.75 Å². The molecule has 0 spiro atoms. The summed E-state index contributed by atoms with van der Waals surface area (Å²) in [6.45, 7) is 1.32. The summed E-state index contributed by atoms with van der Waals surface area (Å²) in [6, 6.07) is 3.97. The second-order valence-electron chi connectivity index (χ2n) is 4.59. The average molecular weight is 285 g/mol. The van der Waals surface area contributed by atoms with Gasteiger partial charge in [-0.3, -0.25) is 10.1 Å². The van der Waals surface area contributed by atoms with Gasteiger partial charge in [0.15, 0.2) is 0 Å². The molecule has 4 N–H and O–H groups in total. The lowest BCUT2D eigenvalue weighted by molar-refractivity contribution is -0.120. The molecule has 1 fully saturated rings. The number of ether oxygens (including phenoxy) is 1. The Morgan fingerprint density at radius 3 is 3.00 bits per heavy atom. The summed E-state index contributed by atoms with van der Waals surface area (Å²) < 4.78 is 5.48. The number of amides is 1. The van der Waals surface area contributed by atoms with Crippen molar-refractivity contribution in [1.82, 2.24) is 5.32 Å². The van der Waals surface area contributed by atoms with E-state index in [4.69, 9.17) is 22.1 Å². The highest BCUT2D eigenvalue weighted by Gasteiger charge is 2.22. The van der Waals surface area contributed by atoms with Gasteiger partial charge in [0, 0.05) is 13.2 Å². The van der Waals surface area contributed by atoms with Gasteiger partial charge in [0.2, 0.25) is 5.91 Å². The Bertz CT molecular complexity index is 461. The zero-order valence-corrected chi connectivity index (χ0v) is 11.2. The topological polar surface area (TPSA) is 84.6 Å². The number of phenols is 1. The van der Waals surface area contributed by atoms with E-state index in [1.165, 1.54) is 12.1 Å². The van der Waals surface area contributed by atoms with Crippen LogP contribution >= 0.6 is 11.6 Å². The number of hydrogen-bond acceptors (Lipinski definition) is 4. The fourth-order valence-electron chi connectivity index (χ4n) is 2.14. The number of nitrogens with one attached hydrogen (secondary N) is 1. The molecule has 1 amide bonds. The fraction of sp³-hybridized carbons (Fsp3) is 0.462. The van der Waals surface area contributed by atoms with E-state index in [1.54, 1.807) is 6.07 Å². The molecule has 5 nitrogen and oxygen atoms in total. The molecule has 1 saturated heterocycles. The lowest BCUT2D eigenvalue weighted by atomic mass is 10.1. The molecule has 0 radical (unpaired) electrons. The molecular formula is C13H17ClN2O3. The number of benzene rings is 1. The lowest BCUT2D eigenvalue weighted by Crippen LogP contribution is -2.37. The monoisotopic (exact) mass is 284 g/mol. The van der Waals surface area contributed by atoms with E-state index in [9.17, 15) is 9.90 Å². The highest BCUT2D eigenvalue weighted by Crippen LogP contribution is 2.26. The van der Waals surface area contributed by atoms with Gasteiger partial charge >= 0.3 is 0 Å². The summed E-state index contributed by atoms with van der Waals surface area (Å²) in [5.41, 5.74) is 6.03. The van der Waals surface area contributed by atoms with E-state index in [1.807, 2.05) is 0 Å². The van der Waals surface area contributed by atoms with E-state index in [0.29, 0.717) is 12.1 Å². The van der Waals surface area contributed by atoms with Gasteiger partial charge in [-0.1, -0.05) is 17.7 Å². The number of hydrogen-bond donors (Lipinski definition) is 3. The summed E-state index contributed by atoms with van der Waals surface area (Å²) in [7, 11) is 0. The maximum Gasteiger partial charge on any atom is 0.239 e. The predicted octanol–water partition coefficient (Wildman–Crippen LogP) is 1.34. The first-order chi connectivity index (χ1) is 9.08. The first-order valence-electron chi connectivity index (χ1n) is 6.20. The van der Waals surface area contributed by atoms with Gasteiger partial charge in [-0.15, -0.1) is 0 Å². The van der Waals surface area contributed by atoms with Crippen LogP contribution in [0, 0.1) is 0 Å². The van der Waals surface area contributed by atoms with E-state index in [2.05, 4.69) is 5.32 Å². The smallest absolute Gasteiger partial charge is 0.239 e. The molecule has 1 aliphatic heterocycles. The minimum Gasteiger partial charge on any atom is -0.506 e. The van der Waals surface area contributed by atoms with Crippen LogP contribution < -0.4 is 11.1 Å². The van der Waals surface area contributed by atoms with Gasteiger partial charge in [-0.2, -0.15) is 0 Å². The normalized spacial score (nSPS) is 20.4. The third-order valence-corrected chi connectivity index (χ3v) is 3.47. The van der Waals surface area contributed by atoms with E-state index >= 15 is 0 Å². The van der Waals surface area contributed by atoms with Gasteiger partial charge in [0.05, 0.1) is 11.1 Å². The van der Waals surface area contributed by atoms with Crippen LogP contribution in [-0.4, -0.2) is 30.3 Å². The van der Waals surface area contributed by atoms with E-state index in [-0.39, 0.29) is 16.9 Å². The van der Waals surface area contributed by atoms with Crippen molar-refractivity contribution in [2.24, 2.45) is 5.73 Å². The summed E-state index contributed by atoms with van der Waals surface area (Å²) in [5, 5.41) is 12.7. The van der Waals surface area contributed by atoms with Crippen LogP contribution in [0.4, 0.5) is 0 Å². The van der Waals surface area contributed by atoms with Gasteiger partial charge in [0.1, 0.15) is 11.8 Å². The molecule has 1 aromatic rings. The minimum absolute atomic E-state index is 0.0206. The van der Waals surface area contributed by atoms with Crippen LogP contribution in [0.25, 0.3) is 0 Å². The molecule has 0 saturated carbocycles. The third-order valence-electron chi connectivity index (χ3n) is 3.16. The number of primary amides is 1. The van der Waals surface area contributed by atoms with Crippen molar-refractivity contribution in [1.29, 1.82) is 0 Å². The van der Waals surface area contributed by atoms with Crippen LogP contribution in [-0.2, 0) is 9.53 Å². The van der Waals surface area contributed by atoms with Gasteiger partial charge in [-0.25, -0.2) is 0 Å². The summed E-state index contributed by atoms with van der Waals surface area (Å²) in [6.07, 6.45) is 2.14. The van der Waals surface area contributed by atoms with Crippen LogP contribution in [0.15, 0.2) is 18.2 Å². The van der Waals surface area contributed by atoms with Crippen molar-refractivity contribution in [2.45, 2.75) is 25.0 Å². The molecule has 1 heterocycles. The summed E-state index contributed by atoms with van der Waals surface area (Å²) in [4.78, 5) is 11.5. The number of carbonyl (C=O) groups is 1. The molecule has 0 bridgehead atoms. The van der Waals surface area contributed by atoms with Gasteiger partial charge in [0.25, 0.3) is 0 Å². The Labute approximate surface area is 116 Å². The molecule has 104 valence electrons. The van der Waals surface area contributed by atoms with Crippen LogP contribution in [0.3, 0.4) is 0 Å². The van der Waals surface area contributed by atoms with Crippen LogP contribution in [0.2, 0.25) is 5.02 Å². The molecule has 0 aromatic heterocycles. The molecule has 0 aliphatic carbocycles. The van der Waals surface area contributed by atoms with Gasteiger partial charge in [-0.05, 0) is 30.5 Å². The van der Waals surface area contributed by atoms with Gasteiger partial charge < -0.3 is 15.6 Å². The molecule has 19 heavy (non-hydrogen) atoms. The average Bonchev–Trinajstić information content (AvgIpc) is 2.86. The quantitative estimate of drug-likeness (QED) is 0.762. The molecule has 6 heteroatoms. The third kappa shape index (κ3) is 3.59. The maximum atomic E-state index is 11.5. The Morgan fingerprint density at radius 1 is 1.63 bits per heavy atom. The number of carbonyl (C=O) groups excluding carboxylic acids is 1. The Hall–Kier alpha value is -1.30. The van der Waals surface area contributed by atoms with Crippen LogP contribution in [0.1, 0.15) is 24.4 Å². The Morgan fingerprint density at radius 2 is 2.42 bits per heavy atom. The number of nitrogens with two attached hydrogens (primary N) is 1. The molecular weight excluding hydrogens is 268 g/mol. The van der Waals surface area contributed by atoms with Crippen molar-refractivity contribution >= 4 is 17.5 Å². The fourth-order valence-corrected chi connectivity index (χ4v) is 2.33. The molecule has 2 rings (SSSR count). The molecule has 2 atom stereocenters. The second kappa shape index (κ2) is 6.23. The first-order valence-corrected chi connectivity index (χ1v) is 6.58. The first kappa shape index (κ1) is 14.1. The highest BCUT2D eigenvalue weighted by atomic mass is 35.5. The Kier molecular flexibility index (Phi) is 4.63. The van der Waals surface area contributed by atoms with Crippen molar-refractivity contribution in [3.05, 3.63) is 28.8 Å². The van der Waals surface area contributed by atoms with Crippen molar-refractivity contribution in [2.75, 3.05) is 13.2 Å². The van der Waals surface area contributed by atoms with Crippen molar-refractivity contribution in [3.63, 3.8) is 0 Å². The number of rotatable bonds is 5.